The zero-order valence-electron chi connectivity index (χ0n) is 16.8. The smallest absolute Gasteiger partial charge is 0.413 e. The number of esters is 2. The zero-order chi connectivity index (χ0) is 20.6. The molecule has 1 fully saturated rings. The largest absolute Gasteiger partial charge is 0.467 e. The first kappa shape index (κ1) is 22.9. The minimum atomic E-state index is -1.21. The molecule has 1 aliphatic carbocycles. The van der Waals surface area contributed by atoms with E-state index in [-0.39, 0.29) is 18.4 Å². The van der Waals surface area contributed by atoms with E-state index in [0.29, 0.717) is 18.1 Å². The molecule has 154 valence electrons. The second-order valence-corrected chi connectivity index (χ2v) is 7.42. The van der Waals surface area contributed by atoms with E-state index < -0.39 is 30.8 Å². The van der Waals surface area contributed by atoms with E-state index in [1.807, 2.05) is 0 Å². The topological polar surface area (TPSA) is 99.2 Å². The lowest BCUT2D eigenvalue weighted by atomic mass is 9.75. The van der Waals surface area contributed by atoms with E-state index in [9.17, 15) is 19.2 Å². The Morgan fingerprint density at radius 2 is 1.89 bits per heavy atom. The molecule has 0 saturated heterocycles. The fourth-order valence-corrected chi connectivity index (χ4v) is 3.46. The van der Waals surface area contributed by atoms with Crippen molar-refractivity contribution in [1.29, 1.82) is 0 Å². The van der Waals surface area contributed by atoms with Crippen LogP contribution in [0.3, 0.4) is 0 Å². The van der Waals surface area contributed by atoms with Gasteiger partial charge in [0.2, 0.25) is 0 Å². The number of rotatable bonds is 8. The van der Waals surface area contributed by atoms with Crippen molar-refractivity contribution in [2.45, 2.75) is 65.5 Å². The fourth-order valence-electron chi connectivity index (χ4n) is 3.46. The van der Waals surface area contributed by atoms with Gasteiger partial charge >= 0.3 is 18.0 Å². The normalized spacial score (nSPS) is 23.3. The van der Waals surface area contributed by atoms with E-state index >= 15 is 0 Å². The predicted molar refractivity (Wildman–Crippen MR) is 96.6 cm³/mol. The molecule has 0 bridgehead atoms. The van der Waals surface area contributed by atoms with Crippen LogP contribution < -0.4 is 0 Å². The van der Waals surface area contributed by atoms with Gasteiger partial charge < -0.3 is 19.0 Å². The van der Waals surface area contributed by atoms with Crippen molar-refractivity contribution in [3.8, 4) is 0 Å². The number of hydrogen-bond acceptors (Lipinski definition) is 7. The zero-order valence-corrected chi connectivity index (χ0v) is 16.8. The summed E-state index contributed by atoms with van der Waals surface area (Å²) in [6.07, 6.45) is 1.90. The fraction of sp³-hybridized carbons (Fsp3) is 0.789. The van der Waals surface area contributed by atoms with Crippen LogP contribution in [0.15, 0.2) is 0 Å². The third kappa shape index (κ3) is 6.84. The lowest BCUT2D eigenvalue weighted by Gasteiger charge is -2.38. The summed E-state index contributed by atoms with van der Waals surface area (Å²) in [5.41, 5.74) is 0. The summed E-state index contributed by atoms with van der Waals surface area (Å²) in [5, 5.41) is 0. The van der Waals surface area contributed by atoms with Gasteiger partial charge in [0.05, 0.1) is 7.11 Å². The summed E-state index contributed by atoms with van der Waals surface area (Å²) in [5.74, 6) is -0.421. The average molecular weight is 385 g/mol. The molecular formula is C19H31NO7. The minimum Gasteiger partial charge on any atom is -0.467 e. The molecule has 1 amide bonds. The quantitative estimate of drug-likeness (QED) is 0.274. The Hall–Kier alpha value is -2.12. The van der Waals surface area contributed by atoms with Crippen molar-refractivity contribution in [2.75, 3.05) is 13.8 Å². The van der Waals surface area contributed by atoms with E-state index in [1.165, 1.54) is 6.92 Å². The van der Waals surface area contributed by atoms with E-state index in [4.69, 9.17) is 9.47 Å². The maximum Gasteiger partial charge on any atom is 0.413 e. The van der Waals surface area contributed by atoms with Gasteiger partial charge in [-0.2, -0.15) is 0 Å². The molecule has 0 aromatic heterocycles. The minimum absolute atomic E-state index is 0.211. The van der Waals surface area contributed by atoms with Gasteiger partial charge in [-0.1, -0.05) is 27.2 Å². The average Bonchev–Trinajstić information content (AvgIpc) is 2.59. The highest BCUT2D eigenvalue weighted by Gasteiger charge is 2.38. The number of ether oxygens (including phenoxy) is 3. The van der Waals surface area contributed by atoms with Crippen LogP contribution in [0, 0.1) is 17.8 Å². The number of hydrogen-bond donors (Lipinski definition) is 0. The SMILES string of the molecule is COC(=O)C(CC=O)N(COC(C)=O)C(=O)OC1CC(C)CCC1C(C)C. The molecule has 4 atom stereocenters. The second-order valence-electron chi connectivity index (χ2n) is 7.42. The third-order valence-electron chi connectivity index (χ3n) is 5.02. The Morgan fingerprint density at radius 3 is 2.41 bits per heavy atom. The second kappa shape index (κ2) is 10.9. The summed E-state index contributed by atoms with van der Waals surface area (Å²) >= 11 is 0. The highest BCUT2D eigenvalue weighted by molar-refractivity contribution is 5.83. The van der Waals surface area contributed by atoms with Crippen LogP contribution >= 0.6 is 0 Å². The lowest BCUT2D eigenvalue weighted by Crippen LogP contribution is -2.49. The van der Waals surface area contributed by atoms with E-state index in [2.05, 4.69) is 25.5 Å². The summed E-state index contributed by atoms with van der Waals surface area (Å²) in [4.78, 5) is 48.0. The standard InChI is InChI=1S/C19H31NO7/c1-12(2)15-7-6-13(3)10-17(15)27-19(24)20(11-26-14(4)22)16(8-9-21)18(23)25-5/h9,12-13,15-17H,6-8,10-11H2,1-5H3. The molecule has 8 nitrogen and oxygen atoms in total. The Balaban J connectivity index is 3.00. The van der Waals surface area contributed by atoms with Crippen molar-refractivity contribution in [3.63, 3.8) is 0 Å². The molecule has 0 spiro atoms. The molecule has 27 heavy (non-hydrogen) atoms. The Morgan fingerprint density at radius 1 is 1.22 bits per heavy atom. The number of amides is 1. The van der Waals surface area contributed by atoms with Crippen LogP contribution in [0.4, 0.5) is 4.79 Å². The summed E-state index contributed by atoms with van der Waals surface area (Å²) < 4.78 is 15.3. The van der Waals surface area contributed by atoms with Crippen LogP contribution in [0.5, 0.6) is 0 Å². The van der Waals surface area contributed by atoms with Gasteiger partial charge in [0.25, 0.3) is 0 Å². The van der Waals surface area contributed by atoms with Crippen molar-refractivity contribution in [3.05, 3.63) is 0 Å². The summed E-state index contributed by atoms with van der Waals surface area (Å²) in [6.45, 7) is 6.98. The highest BCUT2D eigenvalue weighted by atomic mass is 16.6. The Kier molecular flexibility index (Phi) is 9.25. The maximum absolute atomic E-state index is 12.8. The van der Waals surface area contributed by atoms with Gasteiger partial charge in [-0.25, -0.2) is 9.59 Å². The van der Waals surface area contributed by atoms with Gasteiger partial charge in [-0.15, -0.1) is 0 Å². The highest BCUT2D eigenvalue weighted by Crippen LogP contribution is 2.35. The van der Waals surface area contributed by atoms with Crippen LogP contribution in [0.25, 0.3) is 0 Å². The Labute approximate surface area is 160 Å². The van der Waals surface area contributed by atoms with Gasteiger partial charge in [-0.05, 0) is 30.6 Å². The molecule has 1 saturated carbocycles. The lowest BCUT2D eigenvalue weighted by molar-refractivity contribution is -0.156. The molecule has 0 aromatic carbocycles. The van der Waals surface area contributed by atoms with Gasteiger partial charge in [0.1, 0.15) is 18.4 Å². The van der Waals surface area contributed by atoms with E-state index in [0.717, 1.165) is 31.3 Å². The molecule has 0 aromatic rings. The van der Waals surface area contributed by atoms with E-state index in [1.54, 1.807) is 0 Å². The van der Waals surface area contributed by atoms with Gasteiger partial charge in [0, 0.05) is 13.3 Å². The summed E-state index contributed by atoms with van der Waals surface area (Å²) in [6, 6.07) is -1.21. The van der Waals surface area contributed by atoms with Crippen LogP contribution in [-0.4, -0.2) is 55.2 Å². The molecule has 0 aliphatic heterocycles. The number of nitrogens with zero attached hydrogens (tertiary/aromatic N) is 1. The molecule has 0 radical (unpaired) electrons. The third-order valence-corrected chi connectivity index (χ3v) is 5.02. The van der Waals surface area contributed by atoms with Crippen molar-refractivity contribution < 1.29 is 33.4 Å². The molecular weight excluding hydrogens is 354 g/mol. The monoisotopic (exact) mass is 385 g/mol. The molecule has 4 unspecified atom stereocenters. The number of carbonyl (C=O) groups is 4. The number of carbonyl (C=O) groups excluding carboxylic acids is 4. The number of methoxy groups -OCH3 is 1. The van der Waals surface area contributed by atoms with Crippen LogP contribution in [0.1, 0.15) is 53.4 Å². The van der Waals surface area contributed by atoms with Gasteiger partial charge in [0.15, 0.2) is 6.73 Å². The van der Waals surface area contributed by atoms with Crippen LogP contribution in [0.2, 0.25) is 0 Å². The molecule has 0 heterocycles. The number of aldehydes is 1. The predicted octanol–water partition coefficient (Wildman–Crippen LogP) is 2.54. The van der Waals surface area contributed by atoms with Gasteiger partial charge in [-0.3, -0.25) is 9.69 Å². The molecule has 8 heteroatoms. The van der Waals surface area contributed by atoms with Crippen LogP contribution in [-0.2, 0) is 28.6 Å². The first-order valence-corrected chi connectivity index (χ1v) is 9.33. The molecule has 1 rings (SSSR count). The molecule has 0 N–H and O–H groups in total. The molecule has 1 aliphatic rings. The van der Waals surface area contributed by atoms with Crippen molar-refractivity contribution >= 4 is 24.3 Å². The Bertz CT molecular complexity index is 534. The van der Waals surface area contributed by atoms with Crippen molar-refractivity contribution in [1.82, 2.24) is 4.90 Å². The summed E-state index contributed by atoms with van der Waals surface area (Å²) in [7, 11) is 1.16. The first-order chi connectivity index (χ1) is 12.7. The first-order valence-electron chi connectivity index (χ1n) is 9.33. The maximum atomic E-state index is 12.8. The van der Waals surface area contributed by atoms with Crippen molar-refractivity contribution in [2.24, 2.45) is 17.8 Å².